The van der Waals surface area contributed by atoms with Crippen LogP contribution in [0.4, 0.5) is 11.5 Å². The number of para-hydroxylation sites is 2. The number of ether oxygens (including phenoxy) is 1. The third kappa shape index (κ3) is 4.96. The highest BCUT2D eigenvalue weighted by Crippen LogP contribution is 2.30. The molecular weight excluding hydrogens is 424 g/mol. The van der Waals surface area contributed by atoms with Crippen molar-refractivity contribution in [2.24, 2.45) is 11.8 Å². The van der Waals surface area contributed by atoms with Gasteiger partial charge in [0, 0.05) is 50.3 Å². The predicted molar refractivity (Wildman–Crippen MR) is 138 cm³/mol. The van der Waals surface area contributed by atoms with Crippen LogP contribution < -0.4 is 14.5 Å². The lowest BCUT2D eigenvalue weighted by atomic mass is 9.92. The van der Waals surface area contributed by atoms with Crippen LogP contribution in [0.25, 0.3) is 10.9 Å². The molecule has 3 aromatic rings. The van der Waals surface area contributed by atoms with Gasteiger partial charge in [0.2, 0.25) is 0 Å². The number of piperidine rings is 1. The Balaban J connectivity index is 1.24. The van der Waals surface area contributed by atoms with Crippen molar-refractivity contribution in [1.29, 1.82) is 0 Å². The summed E-state index contributed by atoms with van der Waals surface area (Å²) in [7, 11) is 0. The highest BCUT2D eigenvalue weighted by Gasteiger charge is 2.24. The van der Waals surface area contributed by atoms with E-state index in [-0.39, 0.29) is 12.5 Å². The molecule has 0 radical (unpaired) electrons. The second-order valence-corrected chi connectivity index (χ2v) is 9.84. The van der Waals surface area contributed by atoms with E-state index in [0.29, 0.717) is 30.7 Å². The maximum absolute atomic E-state index is 12.9. The van der Waals surface area contributed by atoms with Gasteiger partial charge in [-0.25, -0.2) is 4.98 Å². The van der Waals surface area contributed by atoms with E-state index in [0.717, 1.165) is 42.9 Å². The number of pyridine rings is 1. The topological polar surface area (TPSA) is 48.9 Å². The number of aromatic nitrogens is 1. The van der Waals surface area contributed by atoms with Crippen LogP contribution in [0.2, 0.25) is 0 Å². The van der Waals surface area contributed by atoms with Crippen molar-refractivity contribution in [3.05, 3.63) is 60.7 Å². The predicted octanol–water partition coefficient (Wildman–Crippen LogP) is 4.44. The number of piperazine rings is 1. The number of carbonyl (C=O) groups is 1. The van der Waals surface area contributed by atoms with Crippen molar-refractivity contribution in [3.8, 4) is 5.75 Å². The second-order valence-electron chi connectivity index (χ2n) is 9.84. The number of amides is 1. The quantitative estimate of drug-likeness (QED) is 0.566. The van der Waals surface area contributed by atoms with Gasteiger partial charge in [0.1, 0.15) is 17.1 Å². The van der Waals surface area contributed by atoms with Crippen LogP contribution in [-0.2, 0) is 4.79 Å². The maximum atomic E-state index is 12.9. The summed E-state index contributed by atoms with van der Waals surface area (Å²) in [5, 5.41) is 1.03. The van der Waals surface area contributed by atoms with Gasteiger partial charge in [-0.05, 0) is 48.6 Å². The van der Waals surface area contributed by atoms with Gasteiger partial charge in [-0.3, -0.25) is 4.79 Å². The molecular formula is C28H34N4O2. The number of fused-ring (bicyclic) bond motifs is 1. The third-order valence-electron chi connectivity index (χ3n) is 6.97. The molecule has 0 N–H and O–H groups in total. The fraction of sp³-hybridized carbons (Fsp3) is 0.429. The van der Waals surface area contributed by atoms with Crippen molar-refractivity contribution in [2.75, 3.05) is 55.7 Å². The van der Waals surface area contributed by atoms with Crippen LogP contribution in [0, 0.1) is 11.8 Å². The molecule has 3 heterocycles. The van der Waals surface area contributed by atoms with Crippen molar-refractivity contribution in [1.82, 2.24) is 9.88 Å². The molecule has 2 saturated heterocycles. The Morgan fingerprint density at radius 3 is 2.35 bits per heavy atom. The normalized spacial score (nSPS) is 21.1. The average molecular weight is 459 g/mol. The van der Waals surface area contributed by atoms with Gasteiger partial charge in [0.15, 0.2) is 6.61 Å². The molecule has 34 heavy (non-hydrogen) atoms. The van der Waals surface area contributed by atoms with E-state index in [1.54, 1.807) is 0 Å². The van der Waals surface area contributed by atoms with Gasteiger partial charge in [-0.15, -0.1) is 0 Å². The van der Waals surface area contributed by atoms with E-state index in [9.17, 15) is 4.79 Å². The fourth-order valence-corrected chi connectivity index (χ4v) is 5.34. The molecule has 2 unspecified atom stereocenters. The molecule has 0 aliphatic carbocycles. The van der Waals surface area contributed by atoms with E-state index >= 15 is 0 Å². The van der Waals surface area contributed by atoms with Gasteiger partial charge in [-0.2, -0.15) is 0 Å². The zero-order chi connectivity index (χ0) is 23.5. The van der Waals surface area contributed by atoms with E-state index < -0.39 is 0 Å². The van der Waals surface area contributed by atoms with Crippen molar-refractivity contribution in [2.45, 2.75) is 20.3 Å². The zero-order valence-corrected chi connectivity index (χ0v) is 20.2. The van der Waals surface area contributed by atoms with Crippen LogP contribution in [0.1, 0.15) is 20.3 Å². The maximum Gasteiger partial charge on any atom is 0.260 e. The Kier molecular flexibility index (Phi) is 6.57. The minimum absolute atomic E-state index is 0.0274. The first kappa shape index (κ1) is 22.5. The summed E-state index contributed by atoms with van der Waals surface area (Å²) in [6.07, 6.45) is 1.26. The third-order valence-corrected chi connectivity index (χ3v) is 6.97. The summed E-state index contributed by atoms with van der Waals surface area (Å²) >= 11 is 0. The Morgan fingerprint density at radius 2 is 1.62 bits per heavy atom. The van der Waals surface area contributed by atoms with Gasteiger partial charge in [0.25, 0.3) is 5.91 Å². The van der Waals surface area contributed by atoms with Crippen LogP contribution in [0.3, 0.4) is 0 Å². The highest BCUT2D eigenvalue weighted by molar-refractivity contribution is 5.86. The smallest absolute Gasteiger partial charge is 0.260 e. The molecule has 0 bridgehead atoms. The molecule has 178 valence electrons. The Bertz CT molecular complexity index is 1120. The number of anilines is 2. The minimum atomic E-state index is 0.0274. The Labute approximate surface area is 202 Å². The molecule has 1 amide bonds. The molecule has 2 aromatic carbocycles. The first-order chi connectivity index (χ1) is 16.6. The first-order valence-electron chi connectivity index (χ1n) is 12.4. The summed E-state index contributed by atoms with van der Waals surface area (Å²) in [6.45, 7) is 9.80. The standard InChI is InChI=1S/C28H34N4O2/c1-21-17-22(2)19-32(18-21)26-12-11-23-7-6-10-25(28(23)29-26)34-20-27(33)31-15-13-30(14-16-31)24-8-4-3-5-9-24/h3-12,21-22H,13-20H2,1-2H3. The van der Waals surface area contributed by atoms with E-state index in [2.05, 4.69) is 60.0 Å². The minimum Gasteiger partial charge on any atom is -0.481 e. The van der Waals surface area contributed by atoms with Crippen LogP contribution in [0.5, 0.6) is 5.75 Å². The first-order valence-corrected chi connectivity index (χ1v) is 12.4. The van der Waals surface area contributed by atoms with Crippen molar-refractivity contribution in [3.63, 3.8) is 0 Å². The van der Waals surface area contributed by atoms with Crippen molar-refractivity contribution < 1.29 is 9.53 Å². The number of hydrogen-bond donors (Lipinski definition) is 0. The number of rotatable bonds is 5. The number of nitrogens with zero attached hydrogens (tertiary/aromatic N) is 4. The molecule has 0 spiro atoms. The van der Waals surface area contributed by atoms with Crippen LogP contribution in [-0.4, -0.2) is 61.7 Å². The van der Waals surface area contributed by atoms with Gasteiger partial charge >= 0.3 is 0 Å². The van der Waals surface area contributed by atoms with E-state index in [1.807, 2.05) is 29.2 Å². The second kappa shape index (κ2) is 9.92. The molecule has 6 nitrogen and oxygen atoms in total. The van der Waals surface area contributed by atoms with Crippen LogP contribution >= 0.6 is 0 Å². The van der Waals surface area contributed by atoms with E-state index in [4.69, 9.17) is 9.72 Å². The lowest BCUT2D eigenvalue weighted by molar-refractivity contribution is -0.133. The number of carbonyl (C=O) groups excluding carboxylic acids is 1. The summed E-state index contributed by atoms with van der Waals surface area (Å²) in [5.74, 6) is 3.01. The Morgan fingerprint density at radius 1 is 0.882 bits per heavy atom. The zero-order valence-electron chi connectivity index (χ0n) is 20.2. The molecule has 5 rings (SSSR count). The summed E-state index contributed by atoms with van der Waals surface area (Å²) in [6, 6.07) is 20.5. The molecule has 6 heteroatoms. The lowest BCUT2D eigenvalue weighted by Gasteiger charge is -2.36. The SMILES string of the molecule is CC1CC(C)CN(c2ccc3cccc(OCC(=O)N4CCN(c5ccccc5)CC4)c3n2)C1. The monoisotopic (exact) mass is 458 g/mol. The van der Waals surface area contributed by atoms with Gasteiger partial charge in [-0.1, -0.05) is 44.2 Å². The molecule has 2 atom stereocenters. The molecule has 2 fully saturated rings. The van der Waals surface area contributed by atoms with Gasteiger partial charge in [0.05, 0.1) is 0 Å². The van der Waals surface area contributed by atoms with Crippen molar-refractivity contribution >= 4 is 28.3 Å². The Hall–Kier alpha value is -3.28. The summed E-state index contributed by atoms with van der Waals surface area (Å²) in [5.41, 5.74) is 2.04. The summed E-state index contributed by atoms with van der Waals surface area (Å²) < 4.78 is 6.04. The summed E-state index contributed by atoms with van der Waals surface area (Å²) in [4.78, 5) is 24.5. The fourth-order valence-electron chi connectivity index (χ4n) is 5.34. The number of hydrogen-bond acceptors (Lipinski definition) is 5. The molecule has 1 aromatic heterocycles. The van der Waals surface area contributed by atoms with Crippen LogP contribution in [0.15, 0.2) is 60.7 Å². The van der Waals surface area contributed by atoms with E-state index in [1.165, 1.54) is 12.1 Å². The molecule has 2 aliphatic rings. The largest absolute Gasteiger partial charge is 0.481 e. The average Bonchev–Trinajstić information content (AvgIpc) is 2.87. The molecule has 2 aliphatic heterocycles. The highest BCUT2D eigenvalue weighted by atomic mass is 16.5. The molecule has 0 saturated carbocycles. The van der Waals surface area contributed by atoms with Gasteiger partial charge < -0.3 is 19.4 Å². The lowest BCUT2D eigenvalue weighted by Crippen LogP contribution is -2.50. The number of benzene rings is 2.